The first-order chi connectivity index (χ1) is 7.76. The largest absolute Gasteiger partial charge is 0.380 e. The normalized spacial score (nSPS) is 12.7. The molecule has 0 fully saturated rings. The summed E-state index contributed by atoms with van der Waals surface area (Å²) in [6.45, 7) is 4.91. The highest BCUT2D eigenvalue weighted by molar-refractivity contribution is 7.99. The van der Waals surface area contributed by atoms with Gasteiger partial charge in [0.25, 0.3) is 0 Å². The van der Waals surface area contributed by atoms with Crippen molar-refractivity contribution in [3.05, 3.63) is 35.4 Å². The van der Waals surface area contributed by atoms with Gasteiger partial charge in [0.05, 0.1) is 6.61 Å². The lowest BCUT2D eigenvalue weighted by atomic mass is 10.1. The minimum Gasteiger partial charge on any atom is -0.380 e. The van der Waals surface area contributed by atoms with Gasteiger partial charge in [-0.1, -0.05) is 31.2 Å². The van der Waals surface area contributed by atoms with E-state index in [1.165, 1.54) is 11.1 Å². The van der Waals surface area contributed by atoms with Crippen molar-refractivity contribution in [3.63, 3.8) is 0 Å². The minimum atomic E-state index is 0.669. The quantitative estimate of drug-likeness (QED) is 0.790. The molecule has 0 amide bonds. The van der Waals surface area contributed by atoms with Crippen LogP contribution < -0.4 is 5.32 Å². The molecule has 3 heteroatoms. The molecule has 0 saturated heterocycles. The molecule has 0 aliphatic heterocycles. The van der Waals surface area contributed by atoms with Gasteiger partial charge < -0.3 is 10.1 Å². The van der Waals surface area contributed by atoms with Gasteiger partial charge in [0.2, 0.25) is 0 Å². The van der Waals surface area contributed by atoms with Crippen molar-refractivity contribution in [2.75, 3.05) is 19.9 Å². The molecule has 0 radical (unpaired) electrons. The molecule has 0 heterocycles. The highest BCUT2D eigenvalue weighted by atomic mass is 32.2. The van der Waals surface area contributed by atoms with Gasteiger partial charge in [-0.25, -0.2) is 0 Å². The van der Waals surface area contributed by atoms with Crippen molar-refractivity contribution in [3.8, 4) is 0 Å². The summed E-state index contributed by atoms with van der Waals surface area (Å²) < 4.78 is 5.12. The van der Waals surface area contributed by atoms with Gasteiger partial charge in [-0.2, -0.15) is 11.8 Å². The predicted molar refractivity (Wildman–Crippen MR) is 71.8 cm³/mol. The van der Waals surface area contributed by atoms with Crippen LogP contribution in [0.15, 0.2) is 24.3 Å². The fourth-order valence-corrected chi connectivity index (χ4v) is 1.78. The summed E-state index contributed by atoms with van der Waals surface area (Å²) in [5.74, 6) is 0. The van der Waals surface area contributed by atoms with E-state index in [4.69, 9.17) is 4.74 Å². The average Bonchev–Trinajstić information content (AvgIpc) is 2.30. The lowest BCUT2D eigenvalue weighted by Gasteiger charge is -2.10. The zero-order valence-corrected chi connectivity index (χ0v) is 11.1. The Morgan fingerprint density at radius 2 is 2.12 bits per heavy atom. The van der Waals surface area contributed by atoms with E-state index in [1.54, 1.807) is 7.11 Å². The second-order valence-corrected chi connectivity index (χ2v) is 5.21. The summed E-state index contributed by atoms with van der Waals surface area (Å²) in [6, 6.07) is 8.52. The second-order valence-electron chi connectivity index (χ2n) is 3.93. The van der Waals surface area contributed by atoms with Gasteiger partial charge in [0, 0.05) is 25.4 Å². The molecule has 1 aromatic carbocycles. The van der Waals surface area contributed by atoms with Crippen LogP contribution >= 0.6 is 11.8 Å². The Kier molecular flexibility index (Phi) is 6.53. The first-order valence-corrected chi connectivity index (χ1v) is 6.85. The number of thioether (sulfide) groups is 1. The molecule has 1 N–H and O–H groups in total. The third kappa shape index (κ3) is 5.01. The van der Waals surface area contributed by atoms with E-state index in [2.05, 4.69) is 42.8 Å². The van der Waals surface area contributed by atoms with Gasteiger partial charge in [-0.15, -0.1) is 0 Å². The minimum absolute atomic E-state index is 0.669. The number of rotatable bonds is 7. The van der Waals surface area contributed by atoms with Gasteiger partial charge in [-0.3, -0.25) is 0 Å². The standard InChI is InChI=1S/C13H21NOS/c1-11(16-3)8-14-9-12-5-4-6-13(7-12)10-15-2/h4-7,11,14H,8-10H2,1-3H3. The summed E-state index contributed by atoms with van der Waals surface area (Å²) in [5, 5.41) is 4.13. The fourth-order valence-electron chi connectivity index (χ4n) is 1.50. The van der Waals surface area contributed by atoms with Crippen LogP contribution in [0.4, 0.5) is 0 Å². The third-order valence-corrected chi connectivity index (χ3v) is 3.44. The molecule has 0 aromatic heterocycles. The molecule has 1 rings (SSSR count). The van der Waals surface area contributed by atoms with Gasteiger partial charge in [-0.05, 0) is 17.4 Å². The van der Waals surface area contributed by atoms with Crippen molar-refractivity contribution in [1.29, 1.82) is 0 Å². The van der Waals surface area contributed by atoms with E-state index >= 15 is 0 Å². The van der Waals surface area contributed by atoms with Gasteiger partial charge >= 0.3 is 0 Å². The van der Waals surface area contributed by atoms with Crippen molar-refractivity contribution in [2.45, 2.75) is 25.3 Å². The van der Waals surface area contributed by atoms with Crippen LogP contribution in [0.1, 0.15) is 18.1 Å². The third-order valence-electron chi connectivity index (χ3n) is 2.47. The summed E-state index contributed by atoms with van der Waals surface area (Å²) in [4.78, 5) is 0. The van der Waals surface area contributed by atoms with Crippen LogP contribution in [0.3, 0.4) is 0 Å². The molecule has 0 aliphatic carbocycles. The summed E-state index contributed by atoms with van der Waals surface area (Å²) in [5.41, 5.74) is 2.56. The Bertz CT molecular complexity index is 304. The van der Waals surface area contributed by atoms with Gasteiger partial charge in [0.1, 0.15) is 0 Å². The maximum Gasteiger partial charge on any atom is 0.0713 e. The molecule has 0 saturated carbocycles. The highest BCUT2D eigenvalue weighted by Crippen LogP contribution is 2.07. The molecule has 1 unspecified atom stereocenters. The topological polar surface area (TPSA) is 21.3 Å². The Morgan fingerprint density at radius 3 is 2.81 bits per heavy atom. The first kappa shape index (κ1) is 13.6. The number of ether oxygens (including phenoxy) is 1. The lowest BCUT2D eigenvalue weighted by molar-refractivity contribution is 0.185. The van der Waals surface area contributed by atoms with Crippen LogP contribution in [0.5, 0.6) is 0 Å². The predicted octanol–water partition coefficient (Wildman–Crippen LogP) is 2.67. The zero-order chi connectivity index (χ0) is 11.8. The maximum absolute atomic E-state index is 5.12. The van der Waals surface area contributed by atoms with Crippen molar-refractivity contribution < 1.29 is 4.74 Å². The number of methoxy groups -OCH3 is 1. The molecule has 1 atom stereocenters. The second kappa shape index (κ2) is 7.71. The van der Waals surface area contributed by atoms with Gasteiger partial charge in [0.15, 0.2) is 0 Å². The van der Waals surface area contributed by atoms with E-state index in [9.17, 15) is 0 Å². The molecule has 90 valence electrons. The SMILES string of the molecule is COCc1cccc(CNCC(C)SC)c1. The summed E-state index contributed by atoms with van der Waals surface area (Å²) in [6.07, 6.45) is 2.14. The summed E-state index contributed by atoms with van der Waals surface area (Å²) >= 11 is 1.89. The van der Waals surface area contributed by atoms with Crippen LogP contribution in [0, 0.1) is 0 Å². The molecular weight excluding hydrogens is 218 g/mol. The molecule has 0 spiro atoms. The maximum atomic E-state index is 5.12. The number of nitrogens with one attached hydrogen (secondary N) is 1. The molecular formula is C13H21NOS. The van der Waals surface area contributed by atoms with Crippen molar-refractivity contribution >= 4 is 11.8 Å². The summed E-state index contributed by atoms with van der Waals surface area (Å²) in [7, 11) is 1.73. The monoisotopic (exact) mass is 239 g/mol. The Morgan fingerprint density at radius 1 is 1.38 bits per heavy atom. The van der Waals surface area contributed by atoms with Crippen LogP contribution in [0.2, 0.25) is 0 Å². The smallest absolute Gasteiger partial charge is 0.0713 e. The lowest BCUT2D eigenvalue weighted by Crippen LogP contribution is -2.22. The Hall–Kier alpha value is -0.510. The van der Waals surface area contributed by atoms with E-state index in [1.807, 2.05) is 11.8 Å². The number of benzene rings is 1. The van der Waals surface area contributed by atoms with E-state index in [-0.39, 0.29) is 0 Å². The molecule has 2 nitrogen and oxygen atoms in total. The van der Waals surface area contributed by atoms with E-state index < -0.39 is 0 Å². The fraction of sp³-hybridized carbons (Fsp3) is 0.538. The van der Waals surface area contributed by atoms with Crippen molar-refractivity contribution in [2.24, 2.45) is 0 Å². The van der Waals surface area contributed by atoms with E-state index in [0.29, 0.717) is 11.9 Å². The molecule has 16 heavy (non-hydrogen) atoms. The number of hydrogen-bond donors (Lipinski definition) is 1. The van der Waals surface area contributed by atoms with Crippen molar-refractivity contribution in [1.82, 2.24) is 5.32 Å². The number of hydrogen-bond acceptors (Lipinski definition) is 3. The average molecular weight is 239 g/mol. The molecule has 0 aliphatic rings. The van der Waals surface area contributed by atoms with Crippen LogP contribution in [-0.4, -0.2) is 25.2 Å². The first-order valence-electron chi connectivity index (χ1n) is 5.56. The van der Waals surface area contributed by atoms with Crippen LogP contribution in [-0.2, 0) is 17.9 Å². The Balaban J connectivity index is 2.38. The molecule has 1 aromatic rings. The highest BCUT2D eigenvalue weighted by Gasteiger charge is 1.99. The molecule has 0 bridgehead atoms. The van der Waals surface area contributed by atoms with E-state index in [0.717, 1.165) is 13.1 Å². The van der Waals surface area contributed by atoms with Crippen LogP contribution in [0.25, 0.3) is 0 Å². The zero-order valence-electron chi connectivity index (χ0n) is 10.3. The Labute approximate surface area is 103 Å².